The zero-order valence-corrected chi connectivity index (χ0v) is 24.8. The third kappa shape index (κ3) is 8.06. The van der Waals surface area contributed by atoms with Gasteiger partial charge in [0.2, 0.25) is 5.89 Å². The summed E-state index contributed by atoms with van der Waals surface area (Å²) < 4.78 is 31.3. The van der Waals surface area contributed by atoms with Crippen molar-refractivity contribution < 1.29 is 27.9 Å². The number of ether oxygens (including phenoxy) is 2. The molecule has 1 aromatic carbocycles. The van der Waals surface area contributed by atoms with Crippen molar-refractivity contribution in [2.45, 2.75) is 103 Å². The molecule has 8 heteroatoms. The molecule has 2 aromatic rings. The zero-order valence-electron chi connectivity index (χ0n) is 24.8. The van der Waals surface area contributed by atoms with Crippen LogP contribution >= 0.6 is 0 Å². The molecule has 4 unspecified atom stereocenters. The number of carbonyl (C=O) groups excluding carboxylic acids is 2. The second-order valence-corrected chi connectivity index (χ2v) is 11.4. The molecule has 3 heterocycles. The largest absolute Gasteiger partial charge is 0.466 e. The number of aromatic nitrogens is 1. The molecule has 0 N–H and O–H groups in total. The van der Waals surface area contributed by atoms with Gasteiger partial charge in [0.1, 0.15) is 12.1 Å². The average Bonchev–Trinajstić information content (AvgIpc) is 3.73. The number of esters is 1. The molecule has 2 aliphatic heterocycles. The van der Waals surface area contributed by atoms with Gasteiger partial charge < -0.3 is 18.8 Å². The van der Waals surface area contributed by atoms with Gasteiger partial charge in [-0.3, -0.25) is 4.79 Å². The van der Waals surface area contributed by atoms with Crippen LogP contribution in [-0.4, -0.2) is 54.2 Å². The van der Waals surface area contributed by atoms with Crippen LogP contribution in [0.25, 0.3) is 6.08 Å². The summed E-state index contributed by atoms with van der Waals surface area (Å²) in [7, 11) is 1.32. The van der Waals surface area contributed by atoms with E-state index in [1.807, 2.05) is 4.90 Å². The SMILES string of the molecule is CCCCCCCCN(CCCC)C(=O)c1coc(C2C3CCC(O3)C2Cc2cc(F)ccc2/C=C/C(=O)OC)n1. The van der Waals surface area contributed by atoms with Crippen LogP contribution in [0.15, 0.2) is 35.0 Å². The fourth-order valence-corrected chi connectivity index (χ4v) is 6.22. The Kier molecular flexibility index (Phi) is 11.5. The number of rotatable bonds is 16. The van der Waals surface area contributed by atoms with Gasteiger partial charge in [-0.15, -0.1) is 0 Å². The van der Waals surface area contributed by atoms with Crippen molar-refractivity contribution in [3.05, 3.63) is 59.1 Å². The normalized spacial score (nSPS) is 21.6. The lowest BCUT2D eigenvalue weighted by molar-refractivity contribution is -0.134. The number of hydrogen-bond donors (Lipinski definition) is 0. The molecule has 1 amide bonds. The maximum atomic E-state index is 14.3. The second kappa shape index (κ2) is 15.3. The number of oxazole rings is 1. The molecule has 2 aliphatic rings. The number of carbonyl (C=O) groups is 2. The molecule has 0 aliphatic carbocycles. The van der Waals surface area contributed by atoms with E-state index in [0.29, 0.717) is 24.6 Å². The second-order valence-electron chi connectivity index (χ2n) is 11.4. The molecule has 0 saturated carbocycles. The Bertz CT molecular complexity index is 1180. The van der Waals surface area contributed by atoms with E-state index in [1.165, 1.54) is 57.3 Å². The Hall–Kier alpha value is -3.00. The highest BCUT2D eigenvalue weighted by atomic mass is 19.1. The smallest absolute Gasteiger partial charge is 0.330 e. The number of benzene rings is 1. The molecule has 2 fully saturated rings. The van der Waals surface area contributed by atoms with E-state index in [4.69, 9.17) is 18.9 Å². The molecule has 2 bridgehead atoms. The van der Waals surface area contributed by atoms with Crippen molar-refractivity contribution in [3.63, 3.8) is 0 Å². The van der Waals surface area contributed by atoms with E-state index in [9.17, 15) is 14.0 Å². The minimum absolute atomic E-state index is 0.00511. The van der Waals surface area contributed by atoms with E-state index >= 15 is 0 Å². The van der Waals surface area contributed by atoms with Crippen LogP contribution in [0.5, 0.6) is 0 Å². The van der Waals surface area contributed by atoms with E-state index in [0.717, 1.165) is 56.2 Å². The lowest BCUT2D eigenvalue weighted by Crippen LogP contribution is -2.33. The van der Waals surface area contributed by atoms with Crippen molar-refractivity contribution in [3.8, 4) is 0 Å². The van der Waals surface area contributed by atoms with Gasteiger partial charge >= 0.3 is 5.97 Å². The minimum atomic E-state index is -0.470. The maximum Gasteiger partial charge on any atom is 0.330 e. The molecule has 4 rings (SSSR count). The van der Waals surface area contributed by atoms with Gasteiger partial charge in [-0.25, -0.2) is 14.2 Å². The first-order valence-corrected chi connectivity index (χ1v) is 15.4. The summed E-state index contributed by atoms with van der Waals surface area (Å²) in [6.07, 6.45) is 15.8. The lowest BCUT2D eigenvalue weighted by atomic mass is 9.75. The number of methoxy groups -OCH3 is 1. The predicted octanol–water partition coefficient (Wildman–Crippen LogP) is 7.11. The Morgan fingerprint density at radius 2 is 1.78 bits per heavy atom. The van der Waals surface area contributed by atoms with Crippen molar-refractivity contribution in [2.75, 3.05) is 20.2 Å². The summed E-state index contributed by atoms with van der Waals surface area (Å²) in [4.78, 5) is 31.8. The Labute approximate surface area is 243 Å². The highest BCUT2D eigenvalue weighted by molar-refractivity contribution is 5.92. The van der Waals surface area contributed by atoms with Crippen LogP contribution < -0.4 is 0 Å². The topological polar surface area (TPSA) is 81.9 Å². The molecule has 0 radical (unpaired) electrons. The molecule has 4 atom stereocenters. The standard InChI is InChI=1S/C33H45FN2O5/c1-4-6-8-9-10-11-19-36(18-7-5-2)33(38)27-22-40-32(35-27)31-26(28-15-16-29(31)41-28)21-24-20-25(34)14-12-23(24)13-17-30(37)39-3/h12-14,17,20,22,26,28-29,31H,4-11,15-16,18-19,21H2,1-3H3/b17-13+. The van der Waals surface area contributed by atoms with Crippen molar-refractivity contribution in [1.29, 1.82) is 0 Å². The quantitative estimate of drug-likeness (QED) is 0.122. The number of halogens is 1. The summed E-state index contributed by atoms with van der Waals surface area (Å²) in [5.74, 6) is -0.479. The van der Waals surface area contributed by atoms with Crippen molar-refractivity contribution >= 4 is 18.0 Å². The Morgan fingerprint density at radius 1 is 1.05 bits per heavy atom. The van der Waals surface area contributed by atoms with E-state index in [-0.39, 0.29) is 35.8 Å². The monoisotopic (exact) mass is 568 g/mol. The Balaban J connectivity index is 1.48. The molecular weight excluding hydrogens is 523 g/mol. The van der Waals surface area contributed by atoms with Crippen LogP contribution in [0.2, 0.25) is 0 Å². The number of fused-ring (bicyclic) bond motifs is 2. The molecular formula is C33H45FN2O5. The van der Waals surface area contributed by atoms with Crippen LogP contribution in [0.4, 0.5) is 4.39 Å². The fraction of sp³-hybridized carbons (Fsp3) is 0.606. The predicted molar refractivity (Wildman–Crippen MR) is 156 cm³/mol. The number of unbranched alkanes of at least 4 members (excludes halogenated alkanes) is 6. The zero-order chi connectivity index (χ0) is 29.2. The lowest BCUT2D eigenvalue weighted by Gasteiger charge is -2.26. The molecule has 224 valence electrons. The number of hydrogen-bond acceptors (Lipinski definition) is 6. The van der Waals surface area contributed by atoms with Crippen LogP contribution in [0, 0.1) is 11.7 Å². The first kappa shape index (κ1) is 30.9. The average molecular weight is 569 g/mol. The Morgan fingerprint density at radius 3 is 2.56 bits per heavy atom. The summed E-state index contributed by atoms with van der Waals surface area (Å²) in [6, 6.07) is 4.57. The van der Waals surface area contributed by atoms with Gasteiger partial charge in [0.05, 0.1) is 25.2 Å². The van der Waals surface area contributed by atoms with Crippen LogP contribution in [-0.2, 0) is 20.7 Å². The molecule has 41 heavy (non-hydrogen) atoms. The summed E-state index contributed by atoms with van der Waals surface area (Å²) in [6.45, 7) is 5.79. The number of nitrogens with zero attached hydrogens (tertiary/aromatic N) is 2. The van der Waals surface area contributed by atoms with Crippen molar-refractivity contribution in [1.82, 2.24) is 9.88 Å². The van der Waals surface area contributed by atoms with E-state index in [1.54, 1.807) is 12.1 Å². The van der Waals surface area contributed by atoms with Crippen LogP contribution in [0.1, 0.15) is 111 Å². The van der Waals surface area contributed by atoms with E-state index in [2.05, 4.69) is 13.8 Å². The third-order valence-corrected chi connectivity index (χ3v) is 8.46. The van der Waals surface area contributed by atoms with Gasteiger partial charge in [0.25, 0.3) is 5.91 Å². The van der Waals surface area contributed by atoms with Gasteiger partial charge in [-0.05, 0) is 61.4 Å². The summed E-state index contributed by atoms with van der Waals surface area (Å²) >= 11 is 0. The van der Waals surface area contributed by atoms with Gasteiger partial charge in [0, 0.05) is 25.1 Å². The van der Waals surface area contributed by atoms with Crippen LogP contribution in [0.3, 0.4) is 0 Å². The summed E-state index contributed by atoms with van der Waals surface area (Å²) in [5.41, 5.74) is 1.88. The van der Waals surface area contributed by atoms with Gasteiger partial charge in [-0.2, -0.15) is 0 Å². The minimum Gasteiger partial charge on any atom is -0.466 e. The summed E-state index contributed by atoms with van der Waals surface area (Å²) in [5, 5.41) is 0. The molecule has 0 spiro atoms. The van der Waals surface area contributed by atoms with Gasteiger partial charge in [-0.1, -0.05) is 58.4 Å². The van der Waals surface area contributed by atoms with Gasteiger partial charge in [0.15, 0.2) is 5.69 Å². The first-order chi connectivity index (χ1) is 19.9. The molecule has 7 nitrogen and oxygen atoms in total. The molecule has 2 saturated heterocycles. The van der Waals surface area contributed by atoms with Crippen molar-refractivity contribution in [2.24, 2.45) is 5.92 Å². The number of amides is 1. The molecule has 1 aromatic heterocycles. The fourth-order valence-electron chi connectivity index (χ4n) is 6.22. The highest BCUT2D eigenvalue weighted by Crippen LogP contribution is 2.50. The highest BCUT2D eigenvalue weighted by Gasteiger charge is 2.51. The van der Waals surface area contributed by atoms with E-state index < -0.39 is 5.97 Å². The third-order valence-electron chi connectivity index (χ3n) is 8.46. The maximum absolute atomic E-state index is 14.3. The first-order valence-electron chi connectivity index (χ1n) is 15.4.